The predicted molar refractivity (Wildman–Crippen MR) is 59.5 cm³/mol. The Hall–Kier alpha value is -1.31. The minimum Gasteiger partial charge on any atom is -0.326 e. The van der Waals surface area contributed by atoms with E-state index >= 15 is 0 Å². The van der Waals surface area contributed by atoms with Gasteiger partial charge in [-0.3, -0.25) is 4.79 Å². The molecule has 2 heteroatoms. The second-order valence-corrected chi connectivity index (χ2v) is 3.62. The maximum absolute atomic E-state index is 11.4. The zero-order valence-electron chi connectivity index (χ0n) is 9.05. The first-order chi connectivity index (χ1) is 6.63. The average Bonchev–Trinajstić information content (AvgIpc) is 2.12. The highest BCUT2D eigenvalue weighted by Crippen LogP contribution is 2.16. The highest BCUT2D eigenvalue weighted by molar-refractivity contribution is 5.91. The summed E-state index contributed by atoms with van der Waals surface area (Å²) in [5.41, 5.74) is 3.21. The minimum atomic E-state index is 0.0983. The van der Waals surface area contributed by atoms with Gasteiger partial charge in [-0.15, -0.1) is 0 Å². The van der Waals surface area contributed by atoms with Crippen molar-refractivity contribution in [3.63, 3.8) is 0 Å². The lowest BCUT2D eigenvalue weighted by Crippen LogP contribution is -2.11. The van der Waals surface area contributed by atoms with Crippen LogP contribution in [0.5, 0.6) is 0 Å². The van der Waals surface area contributed by atoms with Crippen molar-refractivity contribution in [2.75, 3.05) is 5.32 Å². The first-order valence-electron chi connectivity index (χ1n) is 5.00. The van der Waals surface area contributed by atoms with E-state index in [4.69, 9.17) is 0 Å². The molecule has 76 valence electrons. The lowest BCUT2D eigenvalue weighted by atomic mass is 10.1. The van der Waals surface area contributed by atoms with Crippen LogP contribution in [0.15, 0.2) is 18.2 Å². The van der Waals surface area contributed by atoms with Gasteiger partial charge in [0.1, 0.15) is 0 Å². The Morgan fingerprint density at radius 1 is 1.36 bits per heavy atom. The van der Waals surface area contributed by atoms with Gasteiger partial charge < -0.3 is 5.32 Å². The third-order valence-electron chi connectivity index (χ3n) is 2.14. The monoisotopic (exact) mass is 191 g/mol. The van der Waals surface area contributed by atoms with Crippen LogP contribution in [0.4, 0.5) is 5.69 Å². The first-order valence-corrected chi connectivity index (χ1v) is 5.00. The van der Waals surface area contributed by atoms with Crippen molar-refractivity contribution in [3.8, 4) is 0 Å². The lowest BCUT2D eigenvalue weighted by Gasteiger charge is -2.08. The molecule has 1 amide bonds. The van der Waals surface area contributed by atoms with Crippen molar-refractivity contribution < 1.29 is 4.79 Å². The van der Waals surface area contributed by atoms with Gasteiger partial charge in [0.15, 0.2) is 0 Å². The molecule has 1 aromatic carbocycles. The summed E-state index contributed by atoms with van der Waals surface area (Å²) in [5.74, 6) is 0.0983. The summed E-state index contributed by atoms with van der Waals surface area (Å²) in [7, 11) is 0. The topological polar surface area (TPSA) is 29.1 Å². The maximum atomic E-state index is 11.4. The van der Waals surface area contributed by atoms with Crippen molar-refractivity contribution in [2.24, 2.45) is 0 Å². The molecule has 0 aliphatic carbocycles. The van der Waals surface area contributed by atoms with Gasteiger partial charge in [-0.1, -0.05) is 19.1 Å². The molecule has 0 saturated heterocycles. The molecule has 1 rings (SSSR count). The molecular formula is C12H17NO. The number of aryl methyl sites for hydroxylation is 2. The van der Waals surface area contributed by atoms with E-state index in [1.54, 1.807) is 0 Å². The van der Waals surface area contributed by atoms with E-state index in [0.717, 1.165) is 17.7 Å². The lowest BCUT2D eigenvalue weighted by molar-refractivity contribution is -0.116. The van der Waals surface area contributed by atoms with Gasteiger partial charge in [0.05, 0.1) is 0 Å². The Labute approximate surface area is 85.3 Å². The minimum absolute atomic E-state index is 0.0983. The van der Waals surface area contributed by atoms with Crippen LogP contribution in [0, 0.1) is 13.8 Å². The molecule has 0 unspecified atom stereocenters. The number of hydrogen-bond acceptors (Lipinski definition) is 1. The van der Waals surface area contributed by atoms with Crippen LogP contribution in [0.3, 0.4) is 0 Å². The van der Waals surface area contributed by atoms with Crippen LogP contribution >= 0.6 is 0 Å². The number of rotatable bonds is 3. The molecule has 0 spiro atoms. The van der Waals surface area contributed by atoms with E-state index in [1.807, 2.05) is 39.0 Å². The second-order valence-electron chi connectivity index (χ2n) is 3.62. The molecule has 0 aromatic heterocycles. The summed E-state index contributed by atoms with van der Waals surface area (Å²) < 4.78 is 0. The molecule has 0 radical (unpaired) electrons. The largest absolute Gasteiger partial charge is 0.326 e. The van der Waals surface area contributed by atoms with E-state index in [2.05, 4.69) is 5.32 Å². The van der Waals surface area contributed by atoms with E-state index in [0.29, 0.717) is 6.42 Å². The fourth-order valence-corrected chi connectivity index (χ4v) is 1.31. The summed E-state index contributed by atoms with van der Waals surface area (Å²) in [4.78, 5) is 11.4. The maximum Gasteiger partial charge on any atom is 0.224 e. The van der Waals surface area contributed by atoms with Crippen molar-refractivity contribution in [1.82, 2.24) is 0 Å². The zero-order chi connectivity index (χ0) is 10.6. The third-order valence-corrected chi connectivity index (χ3v) is 2.14. The number of nitrogens with one attached hydrogen (secondary N) is 1. The van der Waals surface area contributed by atoms with Crippen molar-refractivity contribution >= 4 is 11.6 Å². The number of carbonyl (C=O) groups excluding carboxylic acids is 1. The first kappa shape index (κ1) is 10.8. The Kier molecular flexibility index (Phi) is 3.69. The highest BCUT2D eigenvalue weighted by atomic mass is 16.1. The SMILES string of the molecule is CCCC(=O)Nc1cc(C)ccc1C. The number of hydrogen-bond donors (Lipinski definition) is 1. The third kappa shape index (κ3) is 2.87. The van der Waals surface area contributed by atoms with Gasteiger partial charge in [0.2, 0.25) is 5.91 Å². The van der Waals surface area contributed by atoms with Gasteiger partial charge >= 0.3 is 0 Å². The van der Waals surface area contributed by atoms with Crippen molar-refractivity contribution in [2.45, 2.75) is 33.6 Å². The van der Waals surface area contributed by atoms with Crippen LogP contribution in [0.2, 0.25) is 0 Å². The Morgan fingerprint density at radius 2 is 2.07 bits per heavy atom. The van der Waals surface area contributed by atoms with Crippen molar-refractivity contribution in [3.05, 3.63) is 29.3 Å². The highest BCUT2D eigenvalue weighted by Gasteiger charge is 2.03. The number of benzene rings is 1. The van der Waals surface area contributed by atoms with E-state index < -0.39 is 0 Å². The normalized spacial score (nSPS) is 9.93. The smallest absolute Gasteiger partial charge is 0.224 e. The predicted octanol–water partition coefficient (Wildman–Crippen LogP) is 3.04. The fourth-order valence-electron chi connectivity index (χ4n) is 1.31. The molecule has 1 N–H and O–H groups in total. The molecule has 0 saturated carbocycles. The Morgan fingerprint density at radius 3 is 2.71 bits per heavy atom. The summed E-state index contributed by atoms with van der Waals surface area (Å²) in [6.07, 6.45) is 1.48. The van der Waals surface area contributed by atoms with Gasteiger partial charge in [-0.25, -0.2) is 0 Å². The molecule has 0 aliphatic heterocycles. The summed E-state index contributed by atoms with van der Waals surface area (Å²) in [5, 5.41) is 2.91. The van der Waals surface area contributed by atoms with Crippen LogP contribution in [0.1, 0.15) is 30.9 Å². The van der Waals surface area contributed by atoms with Crippen LogP contribution in [-0.2, 0) is 4.79 Å². The molecule has 0 heterocycles. The molecule has 0 atom stereocenters. The Balaban J connectivity index is 2.75. The summed E-state index contributed by atoms with van der Waals surface area (Å²) in [6.45, 7) is 6.03. The van der Waals surface area contributed by atoms with Gasteiger partial charge in [-0.2, -0.15) is 0 Å². The number of amides is 1. The summed E-state index contributed by atoms with van der Waals surface area (Å²) >= 11 is 0. The average molecular weight is 191 g/mol. The molecule has 0 bridgehead atoms. The van der Waals surface area contributed by atoms with Gasteiger partial charge in [0.25, 0.3) is 0 Å². The molecular weight excluding hydrogens is 174 g/mol. The van der Waals surface area contributed by atoms with E-state index in [-0.39, 0.29) is 5.91 Å². The molecule has 14 heavy (non-hydrogen) atoms. The molecule has 0 aliphatic rings. The number of anilines is 1. The standard InChI is InChI=1S/C12H17NO/c1-4-5-12(14)13-11-8-9(2)6-7-10(11)3/h6-8H,4-5H2,1-3H3,(H,13,14). The summed E-state index contributed by atoms with van der Waals surface area (Å²) in [6, 6.07) is 6.07. The quantitative estimate of drug-likeness (QED) is 0.781. The van der Waals surface area contributed by atoms with Crippen LogP contribution in [0.25, 0.3) is 0 Å². The van der Waals surface area contributed by atoms with E-state index in [1.165, 1.54) is 5.56 Å². The van der Waals surface area contributed by atoms with Gasteiger partial charge in [0, 0.05) is 12.1 Å². The molecule has 0 fully saturated rings. The molecule has 2 nitrogen and oxygen atoms in total. The fraction of sp³-hybridized carbons (Fsp3) is 0.417. The van der Waals surface area contributed by atoms with Crippen LogP contribution in [-0.4, -0.2) is 5.91 Å². The van der Waals surface area contributed by atoms with E-state index in [9.17, 15) is 4.79 Å². The zero-order valence-corrected chi connectivity index (χ0v) is 9.05. The Bertz CT molecular complexity index is 331. The second kappa shape index (κ2) is 4.80. The van der Waals surface area contributed by atoms with Gasteiger partial charge in [-0.05, 0) is 37.5 Å². The molecule has 1 aromatic rings. The number of carbonyl (C=O) groups is 1. The van der Waals surface area contributed by atoms with Crippen LogP contribution < -0.4 is 5.32 Å². The van der Waals surface area contributed by atoms with Crippen molar-refractivity contribution in [1.29, 1.82) is 0 Å².